The molecule has 0 fully saturated rings. The molecule has 0 aliphatic carbocycles. The predicted molar refractivity (Wildman–Crippen MR) is 109 cm³/mol. The molecule has 2 heterocycles. The SMILES string of the molecule is CNC(C=NCCOC)=c1cc2c(s1)=C(Oc1ccc(N)cc1F)CCN2. The number of benzene rings is 1. The molecular formula is C19H23FN4O2S. The molecule has 1 aliphatic heterocycles. The molecular weight excluding hydrogens is 367 g/mol. The largest absolute Gasteiger partial charge is 0.457 e. The van der Waals surface area contributed by atoms with Gasteiger partial charge in [0.25, 0.3) is 0 Å². The van der Waals surface area contributed by atoms with E-state index in [2.05, 4.69) is 21.7 Å². The minimum absolute atomic E-state index is 0.181. The lowest BCUT2D eigenvalue weighted by molar-refractivity contribution is 0.208. The second-order valence-corrected chi connectivity index (χ2v) is 6.99. The monoisotopic (exact) mass is 390 g/mol. The van der Waals surface area contributed by atoms with E-state index in [0.29, 0.717) is 25.3 Å². The zero-order chi connectivity index (χ0) is 19.2. The fourth-order valence-electron chi connectivity index (χ4n) is 2.67. The van der Waals surface area contributed by atoms with E-state index in [-0.39, 0.29) is 5.75 Å². The van der Waals surface area contributed by atoms with Gasteiger partial charge in [0.15, 0.2) is 11.6 Å². The summed E-state index contributed by atoms with van der Waals surface area (Å²) in [5.41, 5.74) is 7.86. The third-order valence-electron chi connectivity index (χ3n) is 4.02. The molecule has 144 valence electrons. The first kappa shape index (κ1) is 19.2. The van der Waals surface area contributed by atoms with Crippen molar-refractivity contribution in [3.63, 3.8) is 0 Å². The van der Waals surface area contributed by atoms with E-state index >= 15 is 0 Å². The highest BCUT2D eigenvalue weighted by Crippen LogP contribution is 2.24. The van der Waals surface area contributed by atoms with Crippen LogP contribution in [-0.2, 0) is 4.74 Å². The second kappa shape index (κ2) is 8.88. The van der Waals surface area contributed by atoms with Crippen molar-refractivity contribution in [3.05, 3.63) is 39.1 Å². The predicted octanol–water partition coefficient (Wildman–Crippen LogP) is 1.52. The van der Waals surface area contributed by atoms with Crippen molar-refractivity contribution < 1.29 is 13.9 Å². The summed E-state index contributed by atoms with van der Waals surface area (Å²) >= 11 is 1.57. The number of nitrogens with zero attached hydrogens (tertiary/aromatic N) is 1. The van der Waals surface area contributed by atoms with E-state index in [9.17, 15) is 4.39 Å². The van der Waals surface area contributed by atoms with Crippen molar-refractivity contribution in [3.8, 4) is 5.75 Å². The Morgan fingerprint density at radius 1 is 1.44 bits per heavy atom. The number of nitrogen functional groups attached to an aromatic ring is 1. The van der Waals surface area contributed by atoms with Gasteiger partial charge in [-0.1, -0.05) is 0 Å². The summed E-state index contributed by atoms with van der Waals surface area (Å²) in [6.45, 7) is 1.91. The fourth-order valence-corrected chi connectivity index (χ4v) is 3.83. The van der Waals surface area contributed by atoms with Crippen LogP contribution in [0.5, 0.6) is 5.75 Å². The maximum absolute atomic E-state index is 14.1. The number of anilines is 2. The topological polar surface area (TPSA) is 80.9 Å². The van der Waals surface area contributed by atoms with Gasteiger partial charge in [-0.3, -0.25) is 4.99 Å². The lowest BCUT2D eigenvalue weighted by Gasteiger charge is -2.16. The molecule has 0 spiro atoms. The van der Waals surface area contributed by atoms with Gasteiger partial charge in [-0.2, -0.15) is 0 Å². The maximum atomic E-state index is 14.1. The lowest BCUT2D eigenvalue weighted by atomic mass is 10.2. The molecule has 0 saturated carbocycles. The molecule has 1 aliphatic rings. The maximum Gasteiger partial charge on any atom is 0.167 e. The molecule has 0 amide bonds. The molecule has 8 heteroatoms. The molecule has 0 bridgehead atoms. The Hall–Kier alpha value is -2.58. The first-order chi connectivity index (χ1) is 13.1. The van der Waals surface area contributed by atoms with E-state index in [1.54, 1.807) is 36.8 Å². The Balaban J connectivity index is 1.98. The molecule has 0 atom stereocenters. The standard InChI is InChI=1S/C19H23FN4O2S/c1-22-15(11-23-7-8-25-2)18-10-14-19(27-18)17(5-6-24-14)26-16-4-3-12(21)9-13(16)20/h3-4,9-11,22,24H,5-8,21H2,1-2H3. The van der Waals surface area contributed by atoms with Crippen LogP contribution in [0.1, 0.15) is 6.42 Å². The number of methoxy groups -OCH3 is 1. The van der Waals surface area contributed by atoms with Gasteiger partial charge >= 0.3 is 0 Å². The minimum Gasteiger partial charge on any atom is -0.457 e. The van der Waals surface area contributed by atoms with E-state index < -0.39 is 5.82 Å². The molecule has 4 N–H and O–H groups in total. The summed E-state index contributed by atoms with van der Waals surface area (Å²) in [5, 5.41) is 6.54. The van der Waals surface area contributed by atoms with Gasteiger partial charge < -0.3 is 25.8 Å². The number of ether oxygens (including phenoxy) is 2. The van der Waals surface area contributed by atoms with Crippen LogP contribution in [0.15, 0.2) is 29.3 Å². The van der Waals surface area contributed by atoms with Crippen molar-refractivity contribution in [2.75, 3.05) is 44.9 Å². The van der Waals surface area contributed by atoms with E-state index in [1.165, 1.54) is 6.07 Å². The number of halogens is 1. The average Bonchev–Trinajstić information content (AvgIpc) is 3.09. The summed E-state index contributed by atoms with van der Waals surface area (Å²) in [5.74, 6) is 0.462. The average molecular weight is 390 g/mol. The highest BCUT2D eigenvalue weighted by molar-refractivity contribution is 7.08. The Morgan fingerprint density at radius 3 is 3.04 bits per heavy atom. The molecule has 0 unspecified atom stereocenters. The number of rotatable bonds is 7. The lowest BCUT2D eigenvalue weighted by Crippen LogP contribution is -2.21. The van der Waals surface area contributed by atoms with Crippen LogP contribution in [-0.4, -0.2) is 40.1 Å². The van der Waals surface area contributed by atoms with Crippen molar-refractivity contribution in [1.82, 2.24) is 5.32 Å². The Kier molecular flexibility index (Phi) is 6.31. The van der Waals surface area contributed by atoms with Crippen LogP contribution >= 0.6 is 11.3 Å². The van der Waals surface area contributed by atoms with Gasteiger partial charge in [-0.15, -0.1) is 11.3 Å². The Morgan fingerprint density at radius 2 is 2.30 bits per heavy atom. The van der Waals surface area contributed by atoms with E-state index in [4.69, 9.17) is 15.2 Å². The van der Waals surface area contributed by atoms with Crippen LogP contribution in [0.4, 0.5) is 15.8 Å². The number of nitrogens with two attached hydrogens (primary N) is 1. The van der Waals surface area contributed by atoms with Gasteiger partial charge in [0, 0.05) is 45.1 Å². The van der Waals surface area contributed by atoms with Crippen LogP contribution in [0, 0.1) is 5.82 Å². The van der Waals surface area contributed by atoms with Crippen LogP contribution in [0.2, 0.25) is 0 Å². The van der Waals surface area contributed by atoms with Crippen molar-refractivity contribution in [1.29, 1.82) is 0 Å². The smallest absolute Gasteiger partial charge is 0.167 e. The van der Waals surface area contributed by atoms with Crippen molar-refractivity contribution in [2.45, 2.75) is 6.42 Å². The highest BCUT2D eigenvalue weighted by atomic mass is 32.1. The third kappa shape index (κ3) is 4.58. The summed E-state index contributed by atoms with van der Waals surface area (Å²) in [6, 6.07) is 6.50. The molecule has 27 heavy (non-hydrogen) atoms. The molecule has 6 nitrogen and oxygen atoms in total. The Bertz CT molecular complexity index is 955. The van der Waals surface area contributed by atoms with Gasteiger partial charge in [0.2, 0.25) is 0 Å². The molecule has 3 rings (SSSR count). The summed E-state index contributed by atoms with van der Waals surface area (Å²) in [6.07, 6.45) is 2.48. The molecule has 0 saturated heterocycles. The number of thiophene rings is 1. The minimum atomic E-state index is -0.466. The molecule has 0 radical (unpaired) electrons. The van der Waals surface area contributed by atoms with Crippen molar-refractivity contribution in [2.24, 2.45) is 4.99 Å². The summed E-state index contributed by atoms with van der Waals surface area (Å²) in [4.78, 5) is 4.36. The number of hydrogen-bond acceptors (Lipinski definition) is 7. The summed E-state index contributed by atoms with van der Waals surface area (Å²) < 4.78 is 27.0. The number of nitrogens with one attached hydrogen (secondary N) is 2. The first-order valence-electron chi connectivity index (χ1n) is 8.63. The van der Waals surface area contributed by atoms with Gasteiger partial charge in [0.05, 0.1) is 33.6 Å². The zero-order valence-electron chi connectivity index (χ0n) is 15.3. The van der Waals surface area contributed by atoms with E-state index in [0.717, 1.165) is 32.8 Å². The number of aliphatic imine (C=N–C) groups is 1. The molecule has 2 aromatic rings. The van der Waals surface area contributed by atoms with Crippen LogP contribution in [0.25, 0.3) is 11.5 Å². The van der Waals surface area contributed by atoms with Gasteiger partial charge in [-0.25, -0.2) is 4.39 Å². The second-order valence-electron chi connectivity index (χ2n) is 5.94. The van der Waals surface area contributed by atoms with Gasteiger partial charge in [0.1, 0.15) is 5.76 Å². The number of fused-ring (bicyclic) bond motifs is 1. The highest BCUT2D eigenvalue weighted by Gasteiger charge is 2.16. The normalized spacial score (nSPS) is 14.7. The Labute approximate surface area is 161 Å². The number of hydrogen-bond donors (Lipinski definition) is 3. The fraction of sp³-hybridized carbons (Fsp3) is 0.316. The first-order valence-corrected chi connectivity index (χ1v) is 9.44. The zero-order valence-corrected chi connectivity index (χ0v) is 16.2. The van der Waals surface area contributed by atoms with Gasteiger partial charge in [-0.05, 0) is 18.2 Å². The molecule has 1 aromatic heterocycles. The van der Waals surface area contributed by atoms with Crippen molar-refractivity contribution >= 4 is 40.4 Å². The summed E-state index contributed by atoms with van der Waals surface area (Å²) in [7, 11) is 3.51. The van der Waals surface area contributed by atoms with E-state index in [1.807, 2.05) is 7.05 Å². The van der Waals surface area contributed by atoms with Crippen LogP contribution < -0.4 is 30.2 Å². The third-order valence-corrected chi connectivity index (χ3v) is 5.23. The van der Waals surface area contributed by atoms with Crippen LogP contribution in [0.3, 0.4) is 0 Å². The molecule has 1 aromatic carbocycles. The quantitative estimate of drug-likeness (QED) is 0.379.